The summed E-state index contributed by atoms with van der Waals surface area (Å²) in [5.74, 6) is 0.884. The van der Waals surface area contributed by atoms with E-state index < -0.39 is 0 Å². The second kappa shape index (κ2) is 8.32. The van der Waals surface area contributed by atoms with E-state index in [0.717, 1.165) is 5.39 Å². The van der Waals surface area contributed by atoms with Gasteiger partial charge in [-0.3, -0.25) is 9.59 Å². The molecule has 2 aromatic carbocycles. The van der Waals surface area contributed by atoms with Crippen LogP contribution in [0, 0.1) is 0 Å². The smallest absolute Gasteiger partial charge is 0.275 e. The van der Waals surface area contributed by atoms with Crippen molar-refractivity contribution in [2.45, 2.75) is 6.54 Å². The van der Waals surface area contributed by atoms with Gasteiger partial charge >= 0.3 is 0 Å². The van der Waals surface area contributed by atoms with Crippen LogP contribution in [0.5, 0.6) is 5.75 Å². The minimum atomic E-state index is -0.354. The monoisotopic (exact) mass is 394 g/mol. The molecule has 0 aliphatic carbocycles. The highest BCUT2D eigenvalue weighted by atomic mass is 16.5. The number of para-hydroxylation sites is 2. The molecule has 0 spiro atoms. The largest absolute Gasteiger partial charge is 0.495 e. The second-order valence-electron chi connectivity index (χ2n) is 6.68. The number of nitrogens with zero attached hydrogens (tertiary/aromatic N) is 3. The fraction of sp³-hybridized carbons (Fsp3) is 0.286. The first-order chi connectivity index (χ1) is 14.2. The van der Waals surface area contributed by atoms with Crippen molar-refractivity contribution in [1.29, 1.82) is 0 Å². The predicted molar refractivity (Wildman–Crippen MR) is 111 cm³/mol. The molecule has 1 aliphatic rings. The van der Waals surface area contributed by atoms with Gasteiger partial charge in [0.25, 0.3) is 5.56 Å². The van der Waals surface area contributed by atoms with E-state index in [0.29, 0.717) is 48.9 Å². The van der Waals surface area contributed by atoms with Gasteiger partial charge in [-0.25, -0.2) is 4.68 Å². The number of fused-ring (bicyclic) bond motifs is 1. The first-order valence-electron chi connectivity index (χ1n) is 9.43. The van der Waals surface area contributed by atoms with Gasteiger partial charge in [0.2, 0.25) is 5.91 Å². The molecule has 4 rings (SSSR count). The number of methoxy groups -OCH3 is 1. The van der Waals surface area contributed by atoms with E-state index in [2.05, 4.69) is 15.3 Å². The molecule has 0 saturated carbocycles. The third-order valence-electron chi connectivity index (χ3n) is 4.83. The summed E-state index contributed by atoms with van der Waals surface area (Å²) in [4.78, 5) is 27.6. The van der Waals surface area contributed by atoms with Crippen molar-refractivity contribution in [3.05, 3.63) is 58.9 Å². The van der Waals surface area contributed by atoms with E-state index in [4.69, 9.17) is 9.47 Å². The van der Waals surface area contributed by atoms with Crippen LogP contribution >= 0.6 is 0 Å². The Kier molecular flexibility index (Phi) is 5.44. The fourth-order valence-corrected chi connectivity index (χ4v) is 3.41. The van der Waals surface area contributed by atoms with Crippen molar-refractivity contribution in [1.82, 2.24) is 9.78 Å². The summed E-state index contributed by atoms with van der Waals surface area (Å²) in [5, 5.41) is 8.63. The third-order valence-corrected chi connectivity index (χ3v) is 4.83. The lowest BCUT2D eigenvalue weighted by atomic mass is 10.1. The fourth-order valence-electron chi connectivity index (χ4n) is 3.41. The van der Waals surface area contributed by atoms with Crippen molar-refractivity contribution in [3.63, 3.8) is 0 Å². The van der Waals surface area contributed by atoms with Crippen molar-refractivity contribution in [2.75, 3.05) is 43.6 Å². The van der Waals surface area contributed by atoms with E-state index in [-0.39, 0.29) is 18.0 Å². The van der Waals surface area contributed by atoms with Crippen LogP contribution < -0.4 is 20.5 Å². The van der Waals surface area contributed by atoms with Crippen LogP contribution in [-0.4, -0.2) is 49.1 Å². The Morgan fingerprint density at radius 1 is 1.10 bits per heavy atom. The minimum absolute atomic E-state index is 0.195. The molecular formula is C21H22N4O4. The lowest BCUT2D eigenvalue weighted by Crippen LogP contribution is -2.39. The molecule has 1 aromatic heterocycles. The van der Waals surface area contributed by atoms with Crippen molar-refractivity contribution in [2.24, 2.45) is 0 Å². The summed E-state index contributed by atoms with van der Waals surface area (Å²) < 4.78 is 11.9. The lowest BCUT2D eigenvalue weighted by Gasteiger charge is -2.29. The number of nitrogens with one attached hydrogen (secondary N) is 1. The molecule has 1 saturated heterocycles. The Morgan fingerprint density at radius 2 is 1.79 bits per heavy atom. The van der Waals surface area contributed by atoms with Gasteiger partial charge in [0.1, 0.15) is 12.3 Å². The number of amides is 1. The molecule has 0 bridgehead atoms. The molecule has 2 heterocycles. The van der Waals surface area contributed by atoms with Crippen LogP contribution in [0.1, 0.15) is 0 Å². The summed E-state index contributed by atoms with van der Waals surface area (Å²) in [6.45, 7) is 2.37. The first-order valence-corrected chi connectivity index (χ1v) is 9.43. The Labute approximate surface area is 167 Å². The standard InChI is InChI=1S/C21H22N4O4/c1-28-18-9-5-4-8-17(18)22-19(26)14-25-21(27)16-7-3-2-6-15(16)20(23-25)24-10-12-29-13-11-24/h2-9H,10-14H2,1H3,(H,22,26). The maximum Gasteiger partial charge on any atom is 0.275 e. The van der Waals surface area contributed by atoms with Crippen molar-refractivity contribution < 1.29 is 14.3 Å². The number of hydrogen-bond donors (Lipinski definition) is 1. The van der Waals surface area contributed by atoms with Gasteiger partial charge in [0.15, 0.2) is 5.82 Å². The molecule has 29 heavy (non-hydrogen) atoms. The lowest BCUT2D eigenvalue weighted by molar-refractivity contribution is -0.117. The van der Waals surface area contributed by atoms with E-state index in [1.807, 2.05) is 24.3 Å². The quantitative estimate of drug-likeness (QED) is 0.711. The van der Waals surface area contributed by atoms with E-state index in [1.54, 1.807) is 24.3 Å². The molecule has 1 amide bonds. The molecular weight excluding hydrogens is 372 g/mol. The van der Waals surface area contributed by atoms with Crippen molar-refractivity contribution in [3.8, 4) is 5.75 Å². The minimum Gasteiger partial charge on any atom is -0.495 e. The highest BCUT2D eigenvalue weighted by Crippen LogP contribution is 2.24. The highest BCUT2D eigenvalue weighted by Gasteiger charge is 2.19. The van der Waals surface area contributed by atoms with Gasteiger partial charge < -0.3 is 19.7 Å². The third kappa shape index (κ3) is 3.93. The Balaban J connectivity index is 1.67. The molecule has 3 aromatic rings. The number of carbonyl (C=O) groups excluding carboxylic acids is 1. The number of hydrogen-bond acceptors (Lipinski definition) is 6. The summed E-state index contributed by atoms with van der Waals surface area (Å²) in [7, 11) is 1.54. The highest BCUT2D eigenvalue weighted by molar-refractivity contribution is 5.93. The number of rotatable bonds is 5. The zero-order chi connectivity index (χ0) is 20.2. The number of morpholine rings is 1. The topological polar surface area (TPSA) is 85.7 Å². The first kappa shape index (κ1) is 18.9. The molecule has 8 heteroatoms. The zero-order valence-electron chi connectivity index (χ0n) is 16.1. The maximum absolute atomic E-state index is 12.9. The van der Waals surface area contributed by atoms with E-state index in [1.165, 1.54) is 11.8 Å². The molecule has 0 atom stereocenters. The van der Waals surface area contributed by atoms with Gasteiger partial charge in [-0.1, -0.05) is 30.3 Å². The van der Waals surface area contributed by atoms with Crippen LogP contribution in [0.2, 0.25) is 0 Å². The molecule has 1 N–H and O–H groups in total. The number of aromatic nitrogens is 2. The normalized spacial score (nSPS) is 14.0. The predicted octanol–water partition coefficient (Wildman–Crippen LogP) is 1.88. The summed E-state index contributed by atoms with van der Waals surface area (Å²) in [6.07, 6.45) is 0. The SMILES string of the molecule is COc1ccccc1NC(=O)Cn1nc(N2CCOCC2)c2ccccc2c1=O. The van der Waals surface area contributed by atoms with Gasteiger partial charge in [0, 0.05) is 18.5 Å². The van der Waals surface area contributed by atoms with Crippen LogP contribution in [0.3, 0.4) is 0 Å². The van der Waals surface area contributed by atoms with Gasteiger partial charge in [-0.15, -0.1) is 0 Å². The van der Waals surface area contributed by atoms with E-state index >= 15 is 0 Å². The molecule has 0 radical (unpaired) electrons. The average molecular weight is 394 g/mol. The van der Waals surface area contributed by atoms with Crippen molar-refractivity contribution >= 4 is 28.2 Å². The maximum atomic E-state index is 12.9. The molecule has 8 nitrogen and oxygen atoms in total. The average Bonchev–Trinajstić information content (AvgIpc) is 2.76. The molecule has 150 valence electrons. The number of benzene rings is 2. The van der Waals surface area contributed by atoms with Gasteiger partial charge in [-0.05, 0) is 18.2 Å². The van der Waals surface area contributed by atoms with Crippen LogP contribution in [-0.2, 0) is 16.1 Å². The Bertz CT molecular complexity index is 1090. The number of carbonyl (C=O) groups is 1. The van der Waals surface area contributed by atoms with E-state index in [9.17, 15) is 9.59 Å². The van der Waals surface area contributed by atoms with Gasteiger partial charge in [0.05, 0.1) is 31.4 Å². The molecule has 0 unspecified atom stereocenters. The Morgan fingerprint density at radius 3 is 2.55 bits per heavy atom. The number of anilines is 2. The van der Waals surface area contributed by atoms with Crippen LogP contribution in [0.25, 0.3) is 10.8 Å². The zero-order valence-corrected chi connectivity index (χ0v) is 16.1. The summed E-state index contributed by atoms with van der Waals surface area (Å²) in [6, 6.07) is 14.5. The molecule has 1 fully saturated rings. The summed E-state index contributed by atoms with van der Waals surface area (Å²) in [5.41, 5.74) is 0.245. The van der Waals surface area contributed by atoms with Crippen LogP contribution in [0.4, 0.5) is 11.5 Å². The molecule has 1 aliphatic heterocycles. The number of ether oxygens (including phenoxy) is 2. The Hall–Kier alpha value is -3.39. The summed E-state index contributed by atoms with van der Waals surface area (Å²) >= 11 is 0. The van der Waals surface area contributed by atoms with Crippen LogP contribution in [0.15, 0.2) is 53.3 Å². The second-order valence-corrected chi connectivity index (χ2v) is 6.68. The van der Waals surface area contributed by atoms with Gasteiger partial charge in [-0.2, -0.15) is 5.10 Å².